The normalized spacial score (nSPS) is 14.3. The van der Waals surface area contributed by atoms with Crippen LogP contribution < -0.4 is 15.4 Å². The van der Waals surface area contributed by atoms with Crippen LogP contribution in [0.4, 0.5) is 13.2 Å². The number of benzene rings is 3. The topological polar surface area (TPSA) is 159 Å². The Balaban J connectivity index is 1.50. The summed E-state index contributed by atoms with van der Waals surface area (Å²) >= 11 is 5.80. The van der Waals surface area contributed by atoms with Crippen molar-refractivity contribution in [2.24, 2.45) is 5.92 Å². The molecule has 0 bridgehead atoms. The minimum absolute atomic E-state index is 0.0256. The first kappa shape index (κ1) is 38.0. The zero-order chi connectivity index (χ0) is 37.0. The van der Waals surface area contributed by atoms with E-state index in [1.165, 1.54) is 53.4 Å². The van der Waals surface area contributed by atoms with E-state index in [0.717, 1.165) is 18.1 Å². The van der Waals surface area contributed by atoms with Crippen LogP contribution in [0.5, 0.6) is 0 Å². The third-order valence-electron chi connectivity index (χ3n) is 8.10. The van der Waals surface area contributed by atoms with E-state index in [-0.39, 0.29) is 16.0 Å². The maximum absolute atomic E-state index is 14.1. The highest BCUT2D eigenvalue weighted by Gasteiger charge is 2.43. The zero-order valence-corrected chi connectivity index (χ0v) is 28.7. The van der Waals surface area contributed by atoms with Gasteiger partial charge in [0, 0.05) is 22.2 Å². The minimum Gasteiger partial charge on any atom is -0.345 e. The summed E-state index contributed by atoms with van der Waals surface area (Å²) in [4.78, 5) is 65.7. The van der Waals surface area contributed by atoms with Crippen LogP contribution in [0.2, 0.25) is 5.02 Å². The Hall–Kier alpha value is -4.76. The van der Waals surface area contributed by atoms with Crippen molar-refractivity contribution in [2.45, 2.75) is 62.8 Å². The molecule has 0 saturated carbocycles. The molecule has 0 aromatic heterocycles. The van der Waals surface area contributed by atoms with E-state index < -0.39 is 76.2 Å². The maximum Gasteiger partial charge on any atom is 0.452 e. The first-order valence-electron chi connectivity index (χ1n) is 15.4. The molecule has 0 fully saturated rings. The molecule has 4 amide bonds. The van der Waals surface area contributed by atoms with Crippen molar-refractivity contribution in [3.63, 3.8) is 0 Å². The van der Waals surface area contributed by atoms with Crippen LogP contribution in [0.1, 0.15) is 52.6 Å². The third kappa shape index (κ3) is 9.27. The van der Waals surface area contributed by atoms with Crippen LogP contribution in [-0.2, 0) is 37.2 Å². The highest BCUT2D eigenvalue weighted by atomic mass is 35.5. The fourth-order valence-electron chi connectivity index (χ4n) is 5.44. The van der Waals surface area contributed by atoms with Gasteiger partial charge in [0.25, 0.3) is 27.6 Å². The van der Waals surface area contributed by atoms with Crippen molar-refractivity contribution in [1.82, 2.24) is 20.3 Å². The van der Waals surface area contributed by atoms with Gasteiger partial charge in [0.15, 0.2) is 0 Å². The van der Waals surface area contributed by atoms with Gasteiger partial charge in [-0.15, -0.1) is 0 Å². The van der Waals surface area contributed by atoms with Crippen molar-refractivity contribution in [2.75, 3.05) is 6.54 Å². The lowest BCUT2D eigenvalue weighted by Crippen LogP contribution is -2.57. The number of nitrogens with one attached hydrogen (secondary N) is 3. The number of halogens is 4. The number of carbonyl (C=O) groups excluding carboxylic acids is 5. The maximum atomic E-state index is 14.1. The van der Waals surface area contributed by atoms with Gasteiger partial charge >= 0.3 is 6.18 Å². The summed E-state index contributed by atoms with van der Waals surface area (Å²) in [5.74, 6) is -5.99. The zero-order valence-electron chi connectivity index (χ0n) is 27.1. The largest absolute Gasteiger partial charge is 0.452 e. The molecule has 0 radical (unpaired) electrons. The Morgan fingerprint density at radius 2 is 1.34 bits per heavy atom. The lowest BCUT2D eigenvalue weighted by atomic mass is 10.00. The van der Waals surface area contributed by atoms with Crippen LogP contribution in [0.25, 0.3) is 0 Å². The second kappa shape index (κ2) is 15.4. The Labute approximate surface area is 291 Å². The predicted octanol–water partition coefficient (Wildman–Crippen LogP) is 3.85. The number of fused-ring (bicyclic) bond motifs is 1. The van der Waals surface area contributed by atoms with E-state index in [0.29, 0.717) is 17.9 Å². The molecule has 1 aliphatic carbocycles. The van der Waals surface area contributed by atoms with Crippen LogP contribution in [0, 0.1) is 5.92 Å². The van der Waals surface area contributed by atoms with Crippen LogP contribution in [0.3, 0.4) is 0 Å². The number of nitrogens with zero attached hydrogens (tertiary/aromatic N) is 1. The molecule has 266 valence electrons. The van der Waals surface area contributed by atoms with E-state index in [4.69, 9.17) is 11.6 Å². The molecule has 0 heterocycles. The van der Waals surface area contributed by atoms with Gasteiger partial charge in [0.2, 0.25) is 11.8 Å². The van der Waals surface area contributed by atoms with Gasteiger partial charge in [0.05, 0.1) is 17.5 Å². The molecule has 0 aliphatic heterocycles. The number of carbonyl (C=O) groups is 5. The highest BCUT2D eigenvalue weighted by Crippen LogP contribution is 2.27. The van der Waals surface area contributed by atoms with Crippen molar-refractivity contribution < 1.29 is 45.6 Å². The van der Waals surface area contributed by atoms with Crippen LogP contribution in [0.15, 0.2) is 77.7 Å². The molecule has 16 heteroatoms. The molecule has 3 N–H and O–H groups in total. The molecule has 1 unspecified atom stereocenters. The predicted molar refractivity (Wildman–Crippen MR) is 177 cm³/mol. The van der Waals surface area contributed by atoms with Gasteiger partial charge in [0.1, 0.15) is 6.04 Å². The van der Waals surface area contributed by atoms with Gasteiger partial charge in [-0.05, 0) is 85.3 Å². The molecule has 3 aromatic carbocycles. The van der Waals surface area contributed by atoms with Gasteiger partial charge in [-0.25, -0.2) is 13.1 Å². The number of alkyl halides is 3. The monoisotopic (exact) mass is 734 g/mol. The molecule has 0 spiro atoms. The first-order chi connectivity index (χ1) is 23.4. The summed E-state index contributed by atoms with van der Waals surface area (Å²) in [5.41, 5.74) is 1.79. The van der Waals surface area contributed by atoms with Crippen molar-refractivity contribution in [3.05, 3.63) is 100 Å². The fraction of sp³-hybridized carbons (Fsp3) is 0.324. The number of amides is 4. The molecule has 3 aromatic rings. The summed E-state index contributed by atoms with van der Waals surface area (Å²) in [6.45, 7) is 3.54. The molecule has 50 heavy (non-hydrogen) atoms. The fourth-order valence-corrected chi connectivity index (χ4v) is 6.54. The standard InChI is InChI=1S/C34H34ClF3N4O7S/c1-19(2)29(40-31(45)21-8-10-22(11-9-21)32(46)41-50(48,49)27-14-12-25(35)13-15-27)33(47)42(26-16-23-6-4-5-7-24(23)17-26)18-28(43)39-20(3)30(44)34(36,37)38/h4-15,19-20,26,29H,16-18H2,1-3H3,(H,39,43)(H,40,45)(H,41,46)/t20?,29-/m0/s1. The third-order valence-corrected chi connectivity index (χ3v) is 9.70. The average molecular weight is 735 g/mol. The molecule has 11 nitrogen and oxygen atoms in total. The number of hydrogen-bond acceptors (Lipinski definition) is 7. The molecular formula is C34H34ClF3N4O7S. The van der Waals surface area contributed by atoms with Crippen molar-refractivity contribution in [3.8, 4) is 0 Å². The molecule has 2 atom stereocenters. The van der Waals surface area contributed by atoms with Crippen molar-refractivity contribution in [1.29, 1.82) is 0 Å². The van der Waals surface area contributed by atoms with Gasteiger partial charge in [-0.1, -0.05) is 49.7 Å². The smallest absolute Gasteiger partial charge is 0.345 e. The summed E-state index contributed by atoms with van der Waals surface area (Å²) in [7, 11) is -4.22. The summed E-state index contributed by atoms with van der Waals surface area (Å²) in [6, 6.07) is 13.8. The first-order valence-corrected chi connectivity index (χ1v) is 17.2. The van der Waals surface area contributed by atoms with E-state index in [9.17, 15) is 45.6 Å². The van der Waals surface area contributed by atoms with Gasteiger partial charge in [-0.2, -0.15) is 13.2 Å². The molecular weight excluding hydrogens is 701 g/mol. The average Bonchev–Trinajstić information content (AvgIpc) is 3.49. The minimum atomic E-state index is -5.17. The van der Waals surface area contributed by atoms with Crippen LogP contribution in [-0.4, -0.2) is 73.6 Å². The molecule has 1 aliphatic rings. The van der Waals surface area contributed by atoms with E-state index >= 15 is 0 Å². The SMILES string of the molecule is CC(NC(=O)CN(C(=O)[C@@H](NC(=O)c1ccc(C(=O)NS(=O)(=O)c2ccc(Cl)cc2)cc1)C(C)C)C1Cc2ccccc2C1)C(=O)C(F)(F)F. The lowest BCUT2D eigenvalue weighted by Gasteiger charge is -2.34. The van der Waals surface area contributed by atoms with Gasteiger partial charge < -0.3 is 15.5 Å². The number of hydrogen-bond donors (Lipinski definition) is 3. The number of rotatable bonds is 12. The number of sulfonamides is 1. The second-order valence-corrected chi connectivity index (χ2v) is 14.2. The van der Waals surface area contributed by atoms with E-state index in [1.54, 1.807) is 13.8 Å². The Kier molecular flexibility index (Phi) is 11.7. The van der Waals surface area contributed by atoms with Crippen LogP contribution >= 0.6 is 11.6 Å². The molecule has 0 saturated heterocycles. The number of Topliss-reactive ketones (excluding diaryl/α,β-unsaturated/α-hetero) is 1. The summed E-state index contributed by atoms with van der Waals surface area (Å²) in [5, 5.41) is 4.98. The summed E-state index contributed by atoms with van der Waals surface area (Å²) < 4.78 is 66.0. The number of ketones is 1. The molecule has 4 rings (SSSR count). The van der Waals surface area contributed by atoms with Gasteiger partial charge in [-0.3, -0.25) is 24.0 Å². The highest BCUT2D eigenvalue weighted by molar-refractivity contribution is 7.90. The second-order valence-electron chi connectivity index (χ2n) is 12.1. The quantitative estimate of drug-likeness (QED) is 0.255. The van der Waals surface area contributed by atoms with Crippen molar-refractivity contribution >= 4 is 51.0 Å². The Morgan fingerprint density at radius 3 is 1.84 bits per heavy atom. The Morgan fingerprint density at radius 1 is 0.820 bits per heavy atom. The lowest BCUT2D eigenvalue weighted by molar-refractivity contribution is -0.173. The van der Waals surface area contributed by atoms with E-state index in [2.05, 4.69) is 5.32 Å². The summed E-state index contributed by atoms with van der Waals surface area (Å²) in [6.07, 6.45) is -4.47. The van der Waals surface area contributed by atoms with E-state index in [1.807, 2.05) is 34.3 Å². The Bertz CT molecular complexity index is 1860.